The first-order valence-corrected chi connectivity index (χ1v) is 8.72. The van der Waals surface area contributed by atoms with E-state index in [1.165, 1.54) is 0 Å². The molecule has 0 aliphatic carbocycles. The molecule has 3 rings (SSSR count). The fourth-order valence-electron chi connectivity index (χ4n) is 2.91. The molecule has 0 aromatic heterocycles. The average Bonchev–Trinajstić information content (AvgIpc) is 2.56. The van der Waals surface area contributed by atoms with Gasteiger partial charge < -0.3 is 10.1 Å². The van der Waals surface area contributed by atoms with Crippen LogP contribution in [0.5, 0.6) is 0 Å². The second-order valence-corrected chi connectivity index (χ2v) is 6.95. The van der Waals surface area contributed by atoms with Crippen LogP contribution in [0.25, 0.3) is 0 Å². The second-order valence-electron chi connectivity index (χ2n) is 5.62. The van der Waals surface area contributed by atoms with E-state index in [9.17, 15) is 4.79 Å². The van der Waals surface area contributed by atoms with Crippen LogP contribution < -0.4 is 5.32 Å². The second kappa shape index (κ2) is 7.04. The molecular weight excluding hydrogens is 378 g/mol. The van der Waals surface area contributed by atoms with E-state index in [0.29, 0.717) is 10.6 Å². The van der Waals surface area contributed by atoms with Crippen molar-refractivity contribution in [2.75, 3.05) is 13.1 Å². The molecule has 2 aromatic rings. The fourth-order valence-corrected chi connectivity index (χ4v) is 3.66. The van der Waals surface area contributed by atoms with Gasteiger partial charge >= 0.3 is 5.97 Å². The van der Waals surface area contributed by atoms with Crippen LogP contribution in [-0.4, -0.2) is 19.1 Å². The number of nitrogens with one attached hydrogen (secondary N) is 1. The summed E-state index contributed by atoms with van der Waals surface area (Å²) < 4.78 is 6.83. The van der Waals surface area contributed by atoms with E-state index in [4.69, 9.17) is 16.3 Å². The van der Waals surface area contributed by atoms with Crippen molar-refractivity contribution in [2.24, 2.45) is 0 Å². The summed E-state index contributed by atoms with van der Waals surface area (Å²) in [5, 5.41) is 3.71. The molecule has 5 heteroatoms. The predicted octanol–water partition coefficient (Wildman–Crippen LogP) is 4.54. The average molecular weight is 395 g/mol. The fraction of sp³-hybridized carbons (Fsp3) is 0.278. The first-order valence-electron chi connectivity index (χ1n) is 7.55. The molecule has 23 heavy (non-hydrogen) atoms. The number of halogens is 2. The van der Waals surface area contributed by atoms with Gasteiger partial charge in [0.1, 0.15) is 5.60 Å². The third kappa shape index (κ3) is 3.60. The minimum Gasteiger partial charge on any atom is -0.450 e. The van der Waals surface area contributed by atoms with Crippen LogP contribution in [0, 0.1) is 0 Å². The standard InChI is InChI=1S/C18H17BrClNO2/c19-14-6-7-15(16(20)12-14)17(22)23-18(8-10-21-11-9-18)13-4-2-1-3-5-13/h1-7,12,21H,8-11H2. The Kier molecular flexibility index (Phi) is 5.05. The lowest BCUT2D eigenvalue weighted by Crippen LogP contribution is -2.43. The van der Waals surface area contributed by atoms with Gasteiger partial charge in [-0.25, -0.2) is 4.79 Å². The summed E-state index contributed by atoms with van der Waals surface area (Å²) in [7, 11) is 0. The number of hydrogen-bond donors (Lipinski definition) is 1. The highest BCUT2D eigenvalue weighted by Crippen LogP contribution is 2.36. The van der Waals surface area contributed by atoms with Crippen LogP contribution in [0.3, 0.4) is 0 Å². The maximum atomic E-state index is 12.7. The highest BCUT2D eigenvalue weighted by atomic mass is 79.9. The lowest BCUT2D eigenvalue weighted by Gasteiger charge is -2.37. The molecule has 120 valence electrons. The maximum absolute atomic E-state index is 12.7. The Balaban J connectivity index is 1.91. The highest BCUT2D eigenvalue weighted by Gasteiger charge is 2.38. The number of ether oxygens (including phenoxy) is 1. The summed E-state index contributed by atoms with van der Waals surface area (Å²) in [6, 6.07) is 15.1. The van der Waals surface area contributed by atoms with Crippen molar-refractivity contribution in [1.29, 1.82) is 0 Å². The van der Waals surface area contributed by atoms with E-state index in [2.05, 4.69) is 21.2 Å². The molecule has 1 fully saturated rings. The van der Waals surface area contributed by atoms with E-state index in [-0.39, 0.29) is 5.97 Å². The summed E-state index contributed by atoms with van der Waals surface area (Å²) in [4.78, 5) is 12.7. The van der Waals surface area contributed by atoms with Gasteiger partial charge in [0.2, 0.25) is 0 Å². The maximum Gasteiger partial charge on any atom is 0.340 e. The summed E-state index contributed by atoms with van der Waals surface area (Å²) in [5.74, 6) is -0.381. The van der Waals surface area contributed by atoms with Crippen molar-refractivity contribution in [3.8, 4) is 0 Å². The third-order valence-corrected chi connectivity index (χ3v) is 4.96. The number of esters is 1. The van der Waals surface area contributed by atoms with Crippen molar-refractivity contribution in [2.45, 2.75) is 18.4 Å². The number of carbonyl (C=O) groups excluding carboxylic acids is 1. The zero-order valence-corrected chi connectivity index (χ0v) is 14.9. The molecule has 0 spiro atoms. The van der Waals surface area contributed by atoms with E-state index in [0.717, 1.165) is 36.0 Å². The number of rotatable bonds is 3. The predicted molar refractivity (Wildman–Crippen MR) is 94.8 cm³/mol. The van der Waals surface area contributed by atoms with Crippen LogP contribution in [0.2, 0.25) is 5.02 Å². The molecule has 3 nitrogen and oxygen atoms in total. The number of hydrogen-bond acceptors (Lipinski definition) is 3. The topological polar surface area (TPSA) is 38.3 Å². The lowest BCUT2D eigenvalue weighted by atomic mass is 9.84. The van der Waals surface area contributed by atoms with Crippen molar-refractivity contribution < 1.29 is 9.53 Å². The van der Waals surface area contributed by atoms with Gasteiger partial charge in [0.05, 0.1) is 10.6 Å². The molecule has 1 saturated heterocycles. The molecule has 1 aliphatic rings. The first kappa shape index (κ1) is 16.5. The number of piperidine rings is 1. The van der Waals surface area contributed by atoms with Crippen LogP contribution in [0.15, 0.2) is 53.0 Å². The van der Waals surface area contributed by atoms with Gasteiger partial charge in [-0.05, 0) is 36.9 Å². The Morgan fingerprint density at radius 1 is 1.13 bits per heavy atom. The molecule has 0 unspecified atom stereocenters. The van der Waals surface area contributed by atoms with Crippen LogP contribution in [0.1, 0.15) is 28.8 Å². The Morgan fingerprint density at radius 2 is 1.83 bits per heavy atom. The Labute approximate surface area is 149 Å². The molecule has 0 bridgehead atoms. The summed E-state index contributed by atoms with van der Waals surface area (Å²) in [5.41, 5.74) is 0.826. The summed E-state index contributed by atoms with van der Waals surface area (Å²) in [6.45, 7) is 1.63. The zero-order valence-electron chi connectivity index (χ0n) is 12.5. The van der Waals surface area contributed by atoms with Gasteiger partial charge in [-0.2, -0.15) is 0 Å². The zero-order chi connectivity index (χ0) is 16.3. The molecule has 0 atom stereocenters. The van der Waals surface area contributed by atoms with Gasteiger partial charge in [-0.1, -0.05) is 57.9 Å². The summed E-state index contributed by atoms with van der Waals surface area (Å²) >= 11 is 9.54. The van der Waals surface area contributed by atoms with Crippen molar-refractivity contribution in [3.05, 3.63) is 69.2 Å². The van der Waals surface area contributed by atoms with Gasteiger partial charge in [0.15, 0.2) is 0 Å². The van der Waals surface area contributed by atoms with Gasteiger partial charge in [-0.15, -0.1) is 0 Å². The minimum absolute atomic E-state index is 0.381. The lowest BCUT2D eigenvalue weighted by molar-refractivity contribution is -0.0378. The van der Waals surface area contributed by atoms with Crippen molar-refractivity contribution in [1.82, 2.24) is 5.32 Å². The smallest absolute Gasteiger partial charge is 0.340 e. The highest BCUT2D eigenvalue weighted by molar-refractivity contribution is 9.10. The van der Waals surface area contributed by atoms with E-state index >= 15 is 0 Å². The summed E-state index contributed by atoms with van der Waals surface area (Å²) in [6.07, 6.45) is 1.49. The van der Waals surface area contributed by atoms with Crippen LogP contribution >= 0.6 is 27.5 Å². The quantitative estimate of drug-likeness (QED) is 0.777. The molecule has 0 saturated carbocycles. The number of carbonyl (C=O) groups is 1. The Hall–Kier alpha value is -1.36. The number of benzene rings is 2. The van der Waals surface area contributed by atoms with E-state index in [1.807, 2.05) is 30.3 Å². The van der Waals surface area contributed by atoms with E-state index < -0.39 is 5.60 Å². The van der Waals surface area contributed by atoms with Crippen LogP contribution in [-0.2, 0) is 10.3 Å². The van der Waals surface area contributed by atoms with Gasteiger partial charge in [0, 0.05) is 17.3 Å². The SMILES string of the molecule is O=C(OC1(c2ccccc2)CCNCC1)c1ccc(Br)cc1Cl. The first-order chi connectivity index (χ1) is 11.1. The molecule has 1 aliphatic heterocycles. The third-order valence-electron chi connectivity index (χ3n) is 4.15. The Bertz CT molecular complexity index is 699. The molecule has 1 N–H and O–H groups in total. The van der Waals surface area contributed by atoms with Crippen molar-refractivity contribution >= 4 is 33.5 Å². The Morgan fingerprint density at radius 3 is 2.48 bits per heavy atom. The largest absolute Gasteiger partial charge is 0.450 e. The molecule has 1 heterocycles. The van der Waals surface area contributed by atoms with E-state index in [1.54, 1.807) is 18.2 Å². The van der Waals surface area contributed by atoms with Crippen molar-refractivity contribution in [3.63, 3.8) is 0 Å². The molecule has 2 aromatic carbocycles. The molecule has 0 radical (unpaired) electrons. The molecular formula is C18H17BrClNO2. The van der Waals surface area contributed by atoms with Gasteiger partial charge in [0.25, 0.3) is 0 Å². The normalized spacial score (nSPS) is 16.8. The molecule has 0 amide bonds. The monoisotopic (exact) mass is 393 g/mol. The minimum atomic E-state index is -0.597. The van der Waals surface area contributed by atoms with Crippen LogP contribution in [0.4, 0.5) is 0 Å². The van der Waals surface area contributed by atoms with Gasteiger partial charge in [-0.3, -0.25) is 0 Å².